The van der Waals surface area contributed by atoms with Gasteiger partial charge in [0.05, 0.1) is 0 Å². The number of rotatable bonds is 4. The Hall–Kier alpha value is -1.86. The Labute approximate surface area is 127 Å². The van der Waals surface area contributed by atoms with Gasteiger partial charge in [-0.2, -0.15) is 0 Å². The van der Waals surface area contributed by atoms with Crippen molar-refractivity contribution in [2.45, 2.75) is 10.6 Å². The first-order valence-corrected chi connectivity index (χ1v) is 8.88. The summed E-state index contributed by atoms with van der Waals surface area (Å²) in [6.45, 7) is 1.59. The first-order chi connectivity index (χ1) is 10.1. The molecule has 1 aliphatic heterocycles. The van der Waals surface area contributed by atoms with Gasteiger partial charge in [0.25, 0.3) is 15.9 Å². The second-order valence-corrected chi connectivity index (χ2v) is 7.62. The average Bonchev–Trinajstić information content (AvgIpc) is 2.91. The van der Waals surface area contributed by atoms with E-state index in [1.807, 2.05) is 0 Å². The highest BCUT2D eigenvalue weighted by atomic mass is 32.2. The lowest BCUT2D eigenvalue weighted by atomic mass is 10.1. The van der Waals surface area contributed by atoms with Gasteiger partial charge >= 0.3 is 0 Å². The van der Waals surface area contributed by atoms with Crippen LogP contribution >= 0.6 is 11.3 Å². The number of thiophene rings is 1. The molecule has 1 fully saturated rings. The van der Waals surface area contributed by atoms with Crippen molar-refractivity contribution in [1.82, 2.24) is 4.90 Å². The number of hydrogen-bond donors (Lipinski definition) is 1. The summed E-state index contributed by atoms with van der Waals surface area (Å²) < 4.78 is 26.9. The van der Waals surface area contributed by atoms with Crippen LogP contribution in [-0.2, 0) is 10.0 Å². The van der Waals surface area contributed by atoms with Crippen LogP contribution in [0.25, 0.3) is 0 Å². The number of nitrogens with one attached hydrogen (secondary N) is 1. The van der Waals surface area contributed by atoms with Crippen LogP contribution in [0.1, 0.15) is 16.8 Å². The van der Waals surface area contributed by atoms with Crippen molar-refractivity contribution in [2.75, 3.05) is 17.8 Å². The highest BCUT2D eigenvalue weighted by Gasteiger charge is 2.21. The van der Waals surface area contributed by atoms with Crippen LogP contribution in [0, 0.1) is 0 Å². The summed E-state index contributed by atoms with van der Waals surface area (Å²) in [5.74, 6) is -0.00564. The zero-order valence-electron chi connectivity index (χ0n) is 11.2. The lowest BCUT2D eigenvalue weighted by Crippen LogP contribution is -2.41. The monoisotopic (exact) mass is 322 g/mol. The Balaban J connectivity index is 1.74. The van der Waals surface area contributed by atoms with E-state index in [1.165, 1.54) is 0 Å². The number of sulfonamides is 1. The topological polar surface area (TPSA) is 66.5 Å². The molecule has 2 aromatic rings. The van der Waals surface area contributed by atoms with Crippen LogP contribution in [0.4, 0.5) is 5.69 Å². The maximum Gasteiger partial charge on any atom is 0.271 e. The molecule has 3 rings (SSSR count). The molecule has 7 heteroatoms. The summed E-state index contributed by atoms with van der Waals surface area (Å²) in [6, 6.07) is 9.75. The van der Waals surface area contributed by atoms with Gasteiger partial charge in [0, 0.05) is 24.3 Å². The van der Waals surface area contributed by atoms with E-state index in [2.05, 4.69) is 4.72 Å². The fourth-order valence-electron chi connectivity index (χ4n) is 2.00. The highest BCUT2D eigenvalue weighted by molar-refractivity contribution is 7.94. The van der Waals surface area contributed by atoms with Crippen LogP contribution in [-0.4, -0.2) is 32.3 Å². The van der Waals surface area contributed by atoms with Crippen molar-refractivity contribution in [3.05, 3.63) is 47.3 Å². The number of benzene rings is 1. The molecule has 0 radical (unpaired) electrons. The Morgan fingerprint density at radius 3 is 2.38 bits per heavy atom. The summed E-state index contributed by atoms with van der Waals surface area (Å²) in [4.78, 5) is 13.8. The van der Waals surface area contributed by atoms with Crippen molar-refractivity contribution >= 4 is 33.0 Å². The third-order valence-corrected chi connectivity index (χ3v) is 6.07. The van der Waals surface area contributed by atoms with Gasteiger partial charge in [0.1, 0.15) is 4.21 Å². The minimum absolute atomic E-state index is 0.00564. The molecule has 0 saturated carbocycles. The van der Waals surface area contributed by atoms with Crippen LogP contribution in [0.3, 0.4) is 0 Å². The standard InChI is InChI=1S/C14H14N2O3S2/c17-14(16-8-2-9-16)11-4-6-12(7-5-11)15-21(18,19)13-3-1-10-20-13/h1,3-7,10,15H,2,8-9H2. The van der Waals surface area contributed by atoms with E-state index in [0.717, 1.165) is 30.8 Å². The minimum Gasteiger partial charge on any atom is -0.339 e. The number of carbonyl (C=O) groups is 1. The molecular formula is C14H14N2O3S2. The smallest absolute Gasteiger partial charge is 0.271 e. The molecule has 0 unspecified atom stereocenters. The van der Waals surface area contributed by atoms with E-state index in [-0.39, 0.29) is 10.1 Å². The SMILES string of the molecule is O=C(c1ccc(NS(=O)(=O)c2cccs2)cc1)N1CCC1. The van der Waals surface area contributed by atoms with Crippen molar-refractivity contribution < 1.29 is 13.2 Å². The molecule has 2 heterocycles. The molecular weight excluding hydrogens is 308 g/mol. The molecule has 1 aromatic heterocycles. The zero-order chi connectivity index (χ0) is 14.9. The quantitative estimate of drug-likeness (QED) is 0.940. The zero-order valence-corrected chi connectivity index (χ0v) is 12.8. The van der Waals surface area contributed by atoms with Gasteiger partial charge < -0.3 is 4.90 Å². The number of nitrogens with zero attached hydrogens (tertiary/aromatic N) is 1. The van der Waals surface area contributed by atoms with Crippen molar-refractivity contribution in [3.63, 3.8) is 0 Å². The van der Waals surface area contributed by atoms with Crippen LogP contribution in [0.15, 0.2) is 46.0 Å². The van der Waals surface area contributed by atoms with Gasteiger partial charge in [-0.1, -0.05) is 6.07 Å². The number of amides is 1. The first kappa shape index (κ1) is 14.1. The molecule has 110 valence electrons. The van der Waals surface area contributed by atoms with E-state index >= 15 is 0 Å². The lowest BCUT2D eigenvalue weighted by molar-refractivity contribution is 0.0652. The molecule has 0 aliphatic carbocycles. The first-order valence-electron chi connectivity index (χ1n) is 6.52. The summed E-state index contributed by atoms with van der Waals surface area (Å²) in [6.07, 6.45) is 1.05. The van der Waals surface area contributed by atoms with Gasteiger partial charge in [-0.05, 0) is 42.1 Å². The molecule has 1 aliphatic rings. The molecule has 0 bridgehead atoms. The molecule has 1 amide bonds. The normalized spacial score (nSPS) is 14.6. The third kappa shape index (κ3) is 2.93. The Morgan fingerprint density at radius 1 is 1.14 bits per heavy atom. The van der Waals surface area contributed by atoms with Crippen molar-refractivity contribution in [3.8, 4) is 0 Å². The molecule has 21 heavy (non-hydrogen) atoms. The molecule has 1 aromatic carbocycles. The fraction of sp³-hybridized carbons (Fsp3) is 0.214. The largest absolute Gasteiger partial charge is 0.339 e. The molecule has 1 saturated heterocycles. The molecule has 5 nitrogen and oxygen atoms in total. The van der Waals surface area contributed by atoms with Crippen LogP contribution in [0.5, 0.6) is 0 Å². The lowest BCUT2D eigenvalue weighted by Gasteiger charge is -2.30. The highest BCUT2D eigenvalue weighted by Crippen LogP contribution is 2.21. The van der Waals surface area contributed by atoms with Crippen LogP contribution in [0.2, 0.25) is 0 Å². The van der Waals surface area contributed by atoms with Crippen LogP contribution < -0.4 is 4.72 Å². The second-order valence-electron chi connectivity index (χ2n) is 4.76. The van der Waals surface area contributed by atoms with E-state index in [4.69, 9.17) is 0 Å². The minimum atomic E-state index is -3.54. The molecule has 1 N–H and O–H groups in total. The Bertz CT molecular complexity index is 733. The van der Waals surface area contributed by atoms with Gasteiger partial charge in [0.2, 0.25) is 0 Å². The molecule has 0 spiro atoms. The number of carbonyl (C=O) groups excluding carboxylic acids is 1. The van der Waals surface area contributed by atoms with E-state index in [1.54, 1.807) is 46.7 Å². The predicted molar refractivity (Wildman–Crippen MR) is 82.1 cm³/mol. The number of anilines is 1. The third-order valence-electron chi connectivity index (χ3n) is 3.29. The van der Waals surface area contributed by atoms with Gasteiger partial charge in [-0.3, -0.25) is 9.52 Å². The van der Waals surface area contributed by atoms with Crippen molar-refractivity contribution in [2.24, 2.45) is 0 Å². The fourth-order valence-corrected chi connectivity index (χ4v) is 4.06. The summed E-state index contributed by atoms with van der Waals surface area (Å²) >= 11 is 1.16. The van der Waals surface area contributed by atoms with Gasteiger partial charge in [-0.25, -0.2) is 8.42 Å². The van der Waals surface area contributed by atoms with Gasteiger partial charge in [0.15, 0.2) is 0 Å². The summed E-state index contributed by atoms with van der Waals surface area (Å²) in [5, 5.41) is 1.71. The summed E-state index contributed by atoms with van der Waals surface area (Å²) in [5.41, 5.74) is 1.03. The number of hydrogen-bond acceptors (Lipinski definition) is 4. The van der Waals surface area contributed by atoms with E-state index < -0.39 is 10.0 Å². The predicted octanol–water partition coefficient (Wildman–Crippen LogP) is 2.39. The number of likely N-dealkylation sites (tertiary alicyclic amines) is 1. The Morgan fingerprint density at radius 2 is 1.86 bits per heavy atom. The second kappa shape index (κ2) is 5.50. The molecule has 0 atom stereocenters. The maximum absolute atomic E-state index is 12.1. The summed E-state index contributed by atoms with van der Waals surface area (Å²) in [7, 11) is -3.54. The van der Waals surface area contributed by atoms with Crippen molar-refractivity contribution in [1.29, 1.82) is 0 Å². The van der Waals surface area contributed by atoms with Gasteiger partial charge in [-0.15, -0.1) is 11.3 Å². The average molecular weight is 322 g/mol. The Kier molecular flexibility index (Phi) is 3.69. The van der Waals surface area contributed by atoms with E-state index in [0.29, 0.717) is 11.3 Å². The maximum atomic E-state index is 12.1. The van der Waals surface area contributed by atoms with E-state index in [9.17, 15) is 13.2 Å².